The van der Waals surface area contributed by atoms with Crippen LogP contribution in [0.25, 0.3) is 0 Å². The molecule has 24 heavy (non-hydrogen) atoms. The fourth-order valence-electron chi connectivity index (χ4n) is 2.82. The highest BCUT2D eigenvalue weighted by Gasteiger charge is 2.32. The molecule has 7 nitrogen and oxygen atoms in total. The molecule has 0 saturated carbocycles. The molecule has 1 aliphatic heterocycles. The van der Waals surface area contributed by atoms with Gasteiger partial charge in [-0.3, -0.25) is 0 Å². The summed E-state index contributed by atoms with van der Waals surface area (Å²) in [4.78, 5) is 0.0274. The van der Waals surface area contributed by atoms with Gasteiger partial charge in [0, 0.05) is 38.8 Å². The molecule has 1 N–H and O–H groups in total. The molecule has 0 unspecified atom stereocenters. The molecule has 0 amide bonds. The first-order valence-electron chi connectivity index (χ1n) is 8.08. The maximum atomic E-state index is 12.9. The van der Waals surface area contributed by atoms with Crippen molar-refractivity contribution < 1.29 is 16.8 Å². The second-order valence-corrected chi connectivity index (χ2v) is 9.56. The molecule has 2 rings (SSSR count). The minimum absolute atomic E-state index is 0.00932. The van der Waals surface area contributed by atoms with Crippen LogP contribution in [-0.2, 0) is 20.0 Å². The number of rotatable bonds is 6. The summed E-state index contributed by atoms with van der Waals surface area (Å²) in [6.07, 6.45) is 0. The van der Waals surface area contributed by atoms with E-state index in [-0.39, 0.29) is 15.8 Å². The molecule has 1 fully saturated rings. The average Bonchev–Trinajstić information content (AvgIpc) is 2.56. The fraction of sp³-hybridized carbons (Fsp3) is 0.600. The molecule has 1 saturated heterocycles. The van der Waals surface area contributed by atoms with E-state index in [1.807, 2.05) is 6.92 Å². The van der Waals surface area contributed by atoms with Crippen LogP contribution in [0.1, 0.15) is 20.8 Å². The lowest BCUT2D eigenvalue weighted by Gasteiger charge is -2.33. The third kappa shape index (κ3) is 3.65. The third-order valence-corrected chi connectivity index (χ3v) is 8.25. The van der Waals surface area contributed by atoms with Crippen LogP contribution in [0.3, 0.4) is 0 Å². The van der Waals surface area contributed by atoms with Crippen molar-refractivity contribution in [2.45, 2.75) is 36.6 Å². The Hall–Kier alpha value is -1.00. The Kier molecular flexibility index (Phi) is 6.03. The zero-order valence-corrected chi connectivity index (χ0v) is 15.9. The summed E-state index contributed by atoms with van der Waals surface area (Å²) in [5.41, 5.74) is 0. The standard InChI is InChI=1S/C15H25N3O4S2/c1-4-17(5-2)23(19,20)14-7-6-8-15(11-14)24(21,22)18-10-9-16-12-13(18)3/h6-8,11,13,16H,4-5,9-10,12H2,1-3H3/t13-/m1/s1. The zero-order valence-electron chi connectivity index (χ0n) is 14.3. The highest BCUT2D eigenvalue weighted by atomic mass is 32.2. The van der Waals surface area contributed by atoms with Crippen molar-refractivity contribution in [3.05, 3.63) is 24.3 Å². The minimum atomic E-state index is -3.72. The van der Waals surface area contributed by atoms with Crippen molar-refractivity contribution in [1.29, 1.82) is 0 Å². The second kappa shape index (κ2) is 7.49. The van der Waals surface area contributed by atoms with E-state index in [2.05, 4.69) is 5.32 Å². The molecule has 0 aliphatic carbocycles. The molecule has 1 aliphatic rings. The maximum Gasteiger partial charge on any atom is 0.243 e. The maximum absolute atomic E-state index is 12.9. The quantitative estimate of drug-likeness (QED) is 0.791. The Bertz CT molecular complexity index is 774. The van der Waals surface area contributed by atoms with E-state index >= 15 is 0 Å². The SMILES string of the molecule is CCN(CC)S(=O)(=O)c1cccc(S(=O)(=O)N2CCNC[C@H]2C)c1. The lowest BCUT2D eigenvalue weighted by Crippen LogP contribution is -2.52. The van der Waals surface area contributed by atoms with Gasteiger partial charge in [0.15, 0.2) is 0 Å². The van der Waals surface area contributed by atoms with Gasteiger partial charge in [-0.15, -0.1) is 0 Å². The number of benzene rings is 1. The van der Waals surface area contributed by atoms with Gasteiger partial charge < -0.3 is 5.32 Å². The van der Waals surface area contributed by atoms with Crippen LogP contribution >= 0.6 is 0 Å². The minimum Gasteiger partial charge on any atom is -0.314 e. The zero-order chi connectivity index (χ0) is 18.0. The summed E-state index contributed by atoms with van der Waals surface area (Å²) in [6.45, 7) is 7.55. The van der Waals surface area contributed by atoms with Gasteiger partial charge in [0.05, 0.1) is 9.79 Å². The van der Waals surface area contributed by atoms with Crippen LogP contribution in [0.2, 0.25) is 0 Å². The monoisotopic (exact) mass is 375 g/mol. The molecule has 9 heteroatoms. The van der Waals surface area contributed by atoms with Crippen molar-refractivity contribution in [2.24, 2.45) is 0 Å². The molecular formula is C15H25N3O4S2. The van der Waals surface area contributed by atoms with Crippen molar-refractivity contribution >= 4 is 20.0 Å². The Morgan fingerprint density at radius 2 is 1.79 bits per heavy atom. The molecule has 0 bridgehead atoms. The van der Waals surface area contributed by atoms with Gasteiger partial charge in [-0.2, -0.15) is 8.61 Å². The first-order chi connectivity index (χ1) is 11.2. The van der Waals surface area contributed by atoms with Gasteiger partial charge in [0.1, 0.15) is 0 Å². The number of sulfonamides is 2. The molecule has 1 atom stereocenters. The molecule has 0 radical (unpaired) electrons. The molecule has 0 spiro atoms. The van der Waals surface area contributed by atoms with Crippen molar-refractivity contribution in [1.82, 2.24) is 13.9 Å². The van der Waals surface area contributed by atoms with E-state index < -0.39 is 20.0 Å². The third-order valence-electron chi connectivity index (χ3n) is 4.20. The number of nitrogens with one attached hydrogen (secondary N) is 1. The van der Waals surface area contributed by atoms with E-state index in [4.69, 9.17) is 0 Å². The molecule has 0 aromatic heterocycles. The van der Waals surface area contributed by atoms with Crippen molar-refractivity contribution in [2.75, 3.05) is 32.7 Å². The predicted octanol–water partition coefficient (Wildman–Crippen LogP) is 0.700. The molecule has 1 heterocycles. The summed E-state index contributed by atoms with van der Waals surface area (Å²) in [6, 6.07) is 5.46. The lowest BCUT2D eigenvalue weighted by atomic mass is 10.3. The molecular weight excluding hydrogens is 350 g/mol. The van der Waals surface area contributed by atoms with E-state index in [0.717, 1.165) is 0 Å². The van der Waals surface area contributed by atoms with Gasteiger partial charge in [-0.05, 0) is 25.1 Å². The normalized spacial score (nSPS) is 20.4. The van der Waals surface area contributed by atoms with Crippen molar-refractivity contribution in [3.63, 3.8) is 0 Å². The van der Waals surface area contributed by atoms with Crippen LogP contribution in [0.15, 0.2) is 34.1 Å². The number of piperazine rings is 1. The van der Waals surface area contributed by atoms with Crippen molar-refractivity contribution in [3.8, 4) is 0 Å². The van der Waals surface area contributed by atoms with Crippen LogP contribution in [0.4, 0.5) is 0 Å². The number of nitrogens with zero attached hydrogens (tertiary/aromatic N) is 2. The van der Waals surface area contributed by atoms with E-state index in [1.165, 1.54) is 32.9 Å². The van der Waals surface area contributed by atoms with Crippen LogP contribution in [-0.4, -0.2) is 64.2 Å². The Labute approximate surface area is 144 Å². The Morgan fingerprint density at radius 1 is 1.17 bits per heavy atom. The molecule has 1 aromatic rings. The highest BCUT2D eigenvalue weighted by molar-refractivity contribution is 7.90. The van der Waals surface area contributed by atoms with E-state index in [1.54, 1.807) is 13.8 Å². The van der Waals surface area contributed by atoms with E-state index in [9.17, 15) is 16.8 Å². The highest BCUT2D eigenvalue weighted by Crippen LogP contribution is 2.23. The summed E-state index contributed by atoms with van der Waals surface area (Å²) < 4.78 is 53.7. The Balaban J connectivity index is 2.43. The van der Waals surface area contributed by atoms with Gasteiger partial charge in [-0.25, -0.2) is 16.8 Å². The van der Waals surface area contributed by atoms with Gasteiger partial charge in [0.25, 0.3) is 0 Å². The van der Waals surface area contributed by atoms with Gasteiger partial charge >= 0.3 is 0 Å². The fourth-order valence-corrected chi connectivity index (χ4v) is 6.08. The number of hydrogen-bond donors (Lipinski definition) is 1. The second-order valence-electron chi connectivity index (χ2n) is 5.73. The largest absolute Gasteiger partial charge is 0.314 e. The Morgan fingerprint density at radius 3 is 2.38 bits per heavy atom. The van der Waals surface area contributed by atoms with E-state index in [0.29, 0.717) is 32.7 Å². The first kappa shape index (κ1) is 19.3. The topological polar surface area (TPSA) is 86.8 Å². The summed E-state index contributed by atoms with van der Waals surface area (Å²) in [5, 5.41) is 3.15. The summed E-state index contributed by atoms with van der Waals surface area (Å²) >= 11 is 0. The van der Waals surface area contributed by atoms with Crippen LogP contribution in [0, 0.1) is 0 Å². The number of hydrogen-bond acceptors (Lipinski definition) is 5. The molecule has 1 aromatic carbocycles. The van der Waals surface area contributed by atoms with Gasteiger partial charge in [0.2, 0.25) is 20.0 Å². The average molecular weight is 376 g/mol. The summed E-state index contributed by atoms with van der Waals surface area (Å²) in [5.74, 6) is 0. The van der Waals surface area contributed by atoms with Crippen LogP contribution in [0.5, 0.6) is 0 Å². The summed E-state index contributed by atoms with van der Waals surface area (Å²) in [7, 11) is -7.41. The van der Waals surface area contributed by atoms with Crippen LogP contribution < -0.4 is 5.32 Å². The smallest absolute Gasteiger partial charge is 0.243 e. The van der Waals surface area contributed by atoms with Gasteiger partial charge in [-0.1, -0.05) is 19.9 Å². The molecule has 136 valence electrons. The predicted molar refractivity (Wildman–Crippen MR) is 92.8 cm³/mol. The lowest BCUT2D eigenvalue weighted by molar-refractivity contribution is 0.284. The first-order valence-corrected chi connectivity index (χ1v) is 11.0.